The molecule has 2 aromatic rings. The molecule has 1 aliphatic heterocycles. The molecule has 0 spiro atoms. The number of hydrogen-bond donors (Lipinski definition) is 2. The molecule has 0 radical (unpaired) electrons. The van der Waals surface area contributed by atoms with Gasteiger partial charge in [0, 0.05) is 12.1 Å². The molecule has 9 nitrogen and oxygen atoms in total. The highest BCUT2D eigenvalue weighted by molar-refractivity contribution is 7.90. The number of rotatable bonds is 5. The van der Waals surface area contributed by atoms with E-state index in [0.29, 0.717) is 5.56 Å². The van der Waals surface area contributed by atoms with Crippen LogP contribution in [0.3, 0.4) is 0 Å². The lowest BCUT2D eigenvalue weighted by atomic mass is 10.0. The highest BCUT2D eigenvalue weighted by Crippen LogP contribution is 2.30. The Kier molecular flexibility index (Phi) is 5.10. The first-order valence-electron chi connectivity index (χ1n) is 7.99. The Morgan fingerprint density at radius 2 is 1.81 bits per heavy atom. The van der Waals surface area contributed by atoms with Crippen molar-refractivity contribution < 1.29 is 23.2 Å². The molecule has 0 saturated heterocycles. The number of aryl methyl sites for hydroxylation is 1. The van der Waals surface area contributed by atoms with Crippen LogP contribution in [0.5, 0.6) is 0 Å². The topological polar surface area (TPSA) is 131 Å². The van der Waals surface area contributed by atoms with Crippen LogP contribution in [-0.4, -0.2) is 37.1 Å². The van der Waals surface area contributed by atoms with E-state index in [1.54, 1.807) is 12.1 Å². The molecule has 27 heavy (non-hydrogen) atoms. The Balaban J connectivity index is 1.78. The van der Waals surface area contributed by atoms with Gasteiger partial charge in [-0.2, -0.15) is 0 Å². The van der Waals surface area contributed by atoms with Gasteiger partial charge in [-0.1, -0.05) is 17.7 Å². The summed E-state index contributed by atoms with van der Waals surface area (Å²) in [6.45, 7) is 1.46. The van der Waals surface area contributed by atoms with Gasteiger partial charge in [0.15, 0.2) is 6.10 Å². The van der Waals surface area contributed by atoms with Crippen LogP contribution in [0.2, 0.25) is 0 Å². The molecule has 0 aliphatic carbocycles. The van der Waals surface area contributed by atoms with Crippen LogP contribution in [0.1, 0.15) is 17.2 Å². The number of hydrogen-bond acceptors (Lipinski definition) is 7. The van der Waals surface area contributed by atoms with E-state index < -0.39 is 27.1 Å². The number of nitrogens with zero attached hydrogens (tertiary/aromatic N) is 2. The van der Waals surface area contributed by atoms with Gasteiger partial charge in [0.1, 0.15) is 6.04 Å². The van der Waals surface area contributed by atoms with Gasteiger partial charge in [0.2, 0.25) is 0 Å². The van der Waals surface area contributed by atoms with Gasteiger partial charge in [-0.15, -0.1) is 0 Å². The van der Waals surface area contributed by atoms with Gasteiger partial charge in [0.25, 0.3) is 21.7 Å². The van der Waals surface area contributed by atoms with Crippen LogP contribution < -0.4 is 4.72 Å². The zero-order valence-electron chi connectivity index (χ0n) is 14.3. The molecule has 0 fully saturated rings. The summed E-state index contributed by atoms with van der Waals surface area (Å²) < 4.78 is 32.7. The first-order valence-corrected chi connectivity index (χ1v) is 9.47. The van der Waals surface area contributed by atoms with E-state index >= 15 is 0 Å². The van der Waals surface area contributed by atoms with Crippen LogP contribution in [-0.2, 0) is 14.8 Å². The maximum atomic E-state index is 12.4. The number of benzene rings is 2. The van der Waals surface area contributed by atoms with Gasteiger partial charge < -0.3 is 9.84 Å². The second kappa shape index (κ2) is 7.33. The lowest BCUT2D eigenvalue weighted by Gasteiger charge is -2.16. The average molecular weight is 391 g/mol. The number of aliphatic hydroxyl groups excluding tert-OH is 1. The van der Waals surface area contributed by atoms with E-state index in [1.165, 1.54) is 36.4 Å². The molecule has 0 saturated carbocycles. The predicted molar refractivity (Wildman–Crippen MR) is 96.7 cm³/mol. The normalized spacial score (nSPS) is 19.3. The fourth-order valence-corrected chi connectivity index (χ4v) is 3.54. The monoisotopic (exact) mass is 391 g/mol. The standard InChI is InChI=1S/C17H17N3O6S/c1-11-2-8-14(9-3-11)27(24,25)19-17-18-15(10-21)16(26-17)12-4-6-13(7-5-12)20(22)23/h2-9,15-16,21H,10H2,1H3,(H,18,19)/t15-,16-/m1/s1. The molecule has 0 bridgehead atoms. The number of amidine groups is 1. The van der Waals surface area contributed by atoms with Crippen LogP contribution in [0.25, 0.3) is 0 Å². The van der Waals surface area contributed by atoms with Crippen molar-refractivity contribution in [2.75, 3.05) is 6.61 Å². The van der Waals surface area contributed by atoms with E-state index in [9.17, 15) is 23.6 Å². The van der Waals surface area contributed by atoms with Crippen LogP contribution >= 0.6 is 0 Å². The minimum Gasteiger partial charge on any atom is -0.454 e. The third-order valence-corrected chi connectivity index (χ3v) is 5.38. The molecule has 2 aromatic carbocycles. The van der Waals surface area contributed by atoms with Crippen molar-refractivity contribution in [2.24, 2.45) is 4.99 Å². The van der Waals surface area contributed by atoms with Crippen molar-refractivity contribution >= 4 is 21.7 Å². The Hall–Kier alpha value is -2.98. The average Bonchev–Trinajstić information content (AvgIpc) is 3.04. The number of aliphatic hydroxyl groups is 1. The SMILES string of the molecule is Cc1ccc(S(=O)(=O)NC2=N[C@H](CO)[C@@H](c3ccc([N+](=O)[O-])cc3)O2)cc1. The van der Waals surface area contributed by atoms with Crippen LogP contribution in [0, 0.1) is 17.0 Å². The number of ether oxygens (including phenoxy) is 1. The number of nitro groups is 1. The predicted octanol–water partition coefficient (Wildman–Crippen LogP) is 1.67. The lowest BCUT2D eigenvalue weighted by Crippen LogP contribution is -2.31. The summed E-state index contributed by atoms with van der Waals surface area (Å²) in [5, 5.41) is 20.3. The summed E-state index contributed by atoms with van der Waals surface area (Å²) in [7, 11) is -3.89. The zero-order valence-corrected chi connectivity index (χ0v) is 15.1. The van der Waals surface area contributed by atoms with Gasteiger partial charge in [0.05, 0.1) is 16.4 Å². The van der Waals surface area contributed by atoms with Gasteiger partial charge in [-0.25, -0.2) is 18.1 Å². The Morgan fingerprint density at radius 1 is 1.19 bits per heavy atom. The first kappa shape index (κ1) is 18.8. The van der Waals surface area contributed by atoms with E-state index in [0.717, 1.165) is 5.56 Å². The van der Waals surface area contributed by atoms with Crippen molar-refractivity contribution in [2.45, 2.75) is 24.0 Å². The lowest BCUT2D eigenvalue weighted by molar-refractivity contribution is -0.384. The number of aliphatic imine (C=N–C) groups is 1. The van der Waals surface area contributed by atoms with E-state index in [2.05, 4.69) is 9.71 Å². The van der Waals surface area contributed by atoms with Crippen LogP contribution in [0.4, 0.5) is 5.69 Å². The fraction of sp³-hybridized carbons (Fsp3) is 0.235. The molecule has 2 N–H and O–H groups in total. The van der Waals surface area contributed by atoms with Crippen molar-refractivity contribution in [1.29, 1.82) is 0 Å². The van der Waals surface area contributed by atoms with Gasteiger partial charge in [-0.3, -0.25) is 10.1 Å². The molecule has 0 unspecified atom stereocenters. The number of nitro benzene ring substituents is 1. The maximum Gasteiger partial charge on any atom is 0.300 e. The van der Waals surface area contributed by atoms with Crippen molar-refractivity contribution in [3.05, 3.63) is 69.8 Å². The Bertz CT molecular complexity index is 971. The molecule has 142 valence electrons. The molecular formula is C17H17N3O6S. The molecule has 3 rings (SSSR count). The summed E-state index contributed by atoms with van der Waals surface area (Å²) in [4.78, 5) is 14.4. The van der Waals surface area contributed by atoms with Gasteiger partial charge in [-0.05, 0) is 36.8 Å². The Morgan fingerprint density at radius 3 is 2.37 bits per heavy atom. The highest BCUT2D eigenvalue weighted by atomic mass is 32.2. The molecular weight excluding hydrogens is 374 g/mol. The molecule has 1 heterocycles. The Labute approximate surface area is 155 Å². The summed E-state index contributed by atoms with van der Waals surface area (Å²) in [6, 6.07) is 10.9. The minimum absolute atomic E-state index is 0.0544. The van der Waals surface area contributed by atoms with Crippen molar-refractivity contribution in [3.63, 3.8) is 0 Å². The zero-order chi connectivity index (χ0) is 19.6. The maximum absolute atomic E-state index is 12.4. The summed E-state index contributed by atoms with van der Waals surface area (Å²) in [5.41, 5.74) is 1.37. The minimum atomic E-state index is -3.89. The first-order chi connectivity index (χ1) is 12.8. The third kappa shape index (κ3) is 4.07. The smallest absolute Gasteiger partial charge is 0.300 e. The van der Waals surface area contributed by atoms with E-state index in [1.807, 2.05) is 6.92 Å². The number of non-ortho nitro benzene ring substituents is 1. The molecule has 10 heteroatoms. The van der Waals surface area contributed by atoms with Crippen LogP contribution in [0.15, 0.2) is 58.4 Å². The summed E-state index contributed by atoms with van der Waals surface area (Å²) >= 11 is 0. The molecule has 2 atom stereocenters. The molecule has 1 aliphatic rings. The summed E-state index contributed by atoms with van der Waals surface area (Å²) in [5.74, 6) is 0. The fourth-order valence-electron chi connectivity index (χ4n) is 2.60. The second-order valence-electron chi connectivity index (χ2n) is 5.99. The van der Waals surface area contributed by atoms with E-state index in [-0.39, 0.29) is 23.2 Å². The molecule has 0 aromatic heterocycles. The van der Waals surface area contributed by atoms with E-state index in [4.69, 9.17) is 4.74 Å². The number of sulfonamides is 1. The van der Waals surface area contributed by atoms with Gasteiger partial charge >= 0.3 is 0 Å². The quantitative estimate of drug-likeness (QED) is 0.589. The highest BCUT2D eigenvalue weighted by Gasteiger charge is 2.34. The van der Waals surface area contributed by atoms with Crippen molar-refractivity contribution in [3.8, 4) is 0 Å². The number of nitrogens with one attached hydrogen (secondary N) is 1. The third-order valence-electron chi connectivity index (χ3n) is 4.04. The second-order valence-corrected chi connectivity index (χ2v) is 7.67. The summed E-state index contributed by atoms with van der Waals surface area (Å²) in [6.07, 6.45) is -0.758. The largest absolute Gasteiger partial charge is 0.454 e. The van der Waals surface area contributed by atoms with Crippen molar-refractivity contribution in [1.82, 2.24) is 4.72 Å². The molecule has 0 amide bonds.